The molecule has 0 saturated carbocycles. The molecule has 0 radical (unpaired) electrons. The van der Waals surface area contributed by atoms with E-state index >= 15 is 0 Å². The fourth-order valence-electron chi connectivity index (χ4n) is 2.61. The van der Waals surface area contributed by atoms with E-state index in [1.165, 1.54) is 41.8 Å². The second-order valence-corrected chi connectivity index (χ2v) is 7.32. The van der Waals surface area contributed by atoms with Crippen LogP contribution in [0, 0.1) is 7.14 Å². The van der Waals surface area contributed by atoms with Gasteiger partial charge >= 0.3 is 0 Å². The summed E-state index contributed by atoms with van der Waals surface area (Å²) in [6.07, 6.45) is 2.47. The third kappa shape index (κ3) is 2.51. The fourth-order valence-corrected chi connectivity index (χ4v) is 3.59. The summed E-state index contributed by atoms with van der Waals surface area (Å²) in [7, 11) is 0. The molecule has 19 heavy (non-hydrogen) atoms. The minimum absolute atomic E-state index is 1.11. The van der Waals surface area contributed by atoms with E-state index in [-0.39, 0.29) is 0 Å². The van der Waals surface area contributed by atoms with Gasteiger partial charge in [-0.1, -0.05) is 13.3 Å². The maximum atomic E-state index is 2.47. The number of nitrogens with zero attached hydrogens (tertiary/aromatic N) is 1. The summed E-state index contributed by atoms with van der Waals surface area (Å²) in [5.74, 6) is 0. The predicted octanol–water partition coefficient (Wildman–Crippen LogP) is 5.80. The highest BCUT2D eigenvalue weighted by Gasteiger charge is 2.10. The highest BCUT2D eigenvalue weighted by molar-refractivity contribution is 14.1. The number of unbranched alkanes of at least 4 members (excludes halogenated alkanes) is 1. The van der Waals surface area contributed by atoms with Crippen molar-refractivity contribution in [3.8, 4) is 0 Å². The van der Waals surface area contributed by atoms with Crippen LogP contribution in [0.5, 0.6) is 0 Å². The molecule has 2 aromatic carbocycles. The number of rotatable bonds is 3. The van der Waals surface area contributed by atoms with Crippen LogP contribution in [0.1, 0.15) is 19.8 Å². The molecular formula is C16H15I2N. The zero-order valence-electron chi connectivity index (χ0n) is 10.8. The Balaban J connectivity index is 2.36. The molecule has 1 heterocycles. The molecule has 0 unspecified atom stereocenters. The standard InChI is InChI=1S/C16H15I2N/c1-2-3-8-19-15-6-4-11(17)9-13(15)14-10-12(18)5-7-16(14)19/h4-7,9-10H,2-3,8H2,1H3. The van der Waals surface area contributed by atoms with E-state index in [1.807, 2.05) is 0 Å². The van der Waals surface area contributed by atoms with Gasteiger partial charge in [0.25, 0.3) is 0 Å². The SMILES string of the molecule is CCCCn1c2ccc(I)cc2c2cc(I)ccc21. The first-order valence-electron chi connectivity index (χ1n) is 6.57. The third-order valence-corrected chi connectivity index (χ3v) is 4.87. The number of fused-ring (bicyclic) bond motifs is 3. The van der Waals surface area contributed by atoms with Crippen LogP contribution in [0.3, 0.4) is 0 Å². The lowest BCUT2D eigenvalue weighted by atomic mass is 10.2. The van der Waals surface area contributed by atoms with Gasteiger partial charge in [-0.05, 0) is 88.0 Å². The number of hydrogen-bond donors (Lipinski definition) is 0. The van der Waals surface area contributed by atoms with Crippen molar-refractivity contribution in [2.45, 2.75) is 26.3 Å². The molecule has 0 spiro atoms. The molecule has 0 atom stereocenters. The van der Waals surface area contributed by atoms with Gasteiger partial charge < -0.3 is 4.57 Å². The Labute approximate surface area is 140 Å². The van der Waals surface area contributed by atoms with E-state index in [1.54, 1.807) is 0 Å². The summed E-state index contributed by atoms with van der Waals surface area (Å²) in [6.45, 7) is 3.36. The van der Waals surface area contributed by atoms with Crippen molar-refractivity contribution in [3.05, 3.63) is 43.5 Å². The van der Waals surface area contributed by atoms with Crippen LogP contribution in [0.25, 0.3) is 21.8 Å². The monoisotopic (exact) mass is 475 g/mol. The van der Waals surface area contributed by atoms with E-state index in [0.29, 0.717) is 0 Å². The van der Waals surface area contributed by atoms with Crippen LogP contribution in [0.15, 0.2) is 36.4 Å². The number of aryl methyl sites for hydroxylation is 1. The van der Waals surface area contributed by atoms with Gasteiger partial charge in [0.05, 0.1) is 0 Å². The summed E-state index contributed by atoms with van der Waals surface area (Å²) in [5.41, 5.74) is 2.73. The summed E-state index contributed by atoms with van der Waals surface area (Å²) in [4.78, 5) is 0. The first-order chi connectivity index (χ1) is 9.20. The van der Waals surface area contributed by atoms with Gasteiger partial charge in [-0.15, -0.1) is 0 Å². The van der Waals surface area contributed by atoms with Crippen molar-refractivity contribution < 1.29 is 0 Å². The van der Waals surface area contributed by atoms with Gasteiger partial charge in [0.15, 0.2) is 0 Å². The molecule has 3 aromatic rings. The second-order valence-electron chi connectivity index (χ2n) is 4.83. The first-order valence-corrected chi connectivity index (χ1v) is 8.73. The Morgan fingerprint density at radius 1 is 0.895 bits per heavy atom. The van der Waals surface area contributed by atoms with Crippen molar-refractivity contribution in [2.24, 2.45) is 0 Å². The van der Waals surface area contributed by atoms with E-state index in [4.69, 9.17) is 0 Å². The number of halogens is 2. The summed E-state index contributed by atoms with van der Waals surface area (Å²) in [6, 6.07) is 13.5. The molecule has 0 aliphatic rings. The molecular weight excluding hydrogens is 460 g/mol. The van der Waals surface area contributed by atoms with Crippen molar-refractivity contribution in [1.29, 1.82) is 0 Å². The Kier molecular flexibility index (Phi) is 4.03. The normalized spacial score (nSPS) is 11.5. The molecule has 0 bridgehead atoms. The van der Waals surface area contributed by atoms with Gasteiger partial charge in [0.1, 0.15) is 0 Å². The highest BCUT2D eigenvalue weighted by atomic mass is 127. The Morgan fingerprint density at radius 3 is 1.89 bits per heavy atom. The zero-order valence-corrected chi connectivity index (χ0v) is 15.1. The topological polar surface area (TPSA) is 4.93 Å². The van der Waals surface area contributed by atoms with Crippen molar-refractivity contribution in [1.82, 2.24) is 4.57 Å². The van der Waals surface area contributed by atoms with Crippen LogP contribution >= 0.6 is 45.2 Å². The van der Waals surface area contributed by atoms with Crippen molar-refractivity contribution in [2.75, 3.05) is 0 Å². The lowest BCUT2D eigenvalue weighted by Gasteiger charge is -2.06. The van der Waals surface area contributed by atoms with Gasteiger partial charge in [0.2, 0.25) is 0 Å². The summed E-state index contributed by atoms with van der Waals surface area (Å²) in [5, 5.41) is 2.77. The fraction of sp³-hybridized carbons (Fsp3) is 0.250. The second kappa shape index (κ2) is 5.60. The maximum absolute atomic E-state index is 2.47. The van der Waals surface area contributed by atoms with Crippen LogP contribution in [-0.4, -0.2) is 4.57 Å². The van der Waals surface area contributed by atoms with Gasteiger partial charge in [0, 0.05) is 35.5 Å². The number of hydrogen-bond acceptors (Lipinski definition) is 0. The minimum atomic E-state index is 1.11. The molecule has 0 saturated heterocycles. The average Bonchev–Trinajstić information content (AvgIpc) is 2.69. The molecule has 98 valence electrons. The molecule has 0 aliphatic heterocycles. The van der Waals surface area contributed by atoms with E-state index < -0.39 is 0 Å². The summed E-state index contributed by atoms with van der Waals surface area (Å²) >= 11 is 4.79. The lowest BCUT2D eigenvalue weighted by Crippen LogP contribution is -1.96. The van der Waals surface area contributed by atoms with Gasteiger partial charge in [-0.3, -0.25) is 0 Å². The van der Waals surface area contributed by atoms with E-state index in [2.05, 4.69) is 93.1 Å². The van der Waals surface area contributed by atoms with Crippen molar-refractivity contribution in [3.63, 3.8) is 0 Å². The average molecular weight is 475 g/mol. The number of aromatic nitrogens is 1. The minimum Gasteiger partial charge on any atom is -0.340 e. The Morgan fingerprint density at radius 2 is 1.42 bits per heavy atom. The molecule has 3 heteroatoms. The summed E-state index contributed by atoms with van der Waals surface area (Å²) < 4.78 is 5.08. The van der Waals surface area contributed by atoms with E-state index in [0.717, 1.165) is 6.54 Å². The first kappa shape index (κ1) is 13.7. The lowest BCUT2D eigenvalue weighted by molar-refractivity contribution is 0.665. The predicted molar refractivity (Wildman–Crippen MR) is 99.8 cm³/mol. The third-order valence-electron chi connectivity index (χ3n) is 3.52. The maximum Gasteiger partial charge on any atom is 0.0492 e. The Bertz CT molecular complexity index is 684. The molecule has 3 rings (SSSR count). The molecule has 0 fully saturated rings. The van der Waals surface area contributed by atoms with Crippen LogP contribution in [-0.2, 0) is 6.54 Å². The quantitative estimate of drug-likeness (QED) is 0.422. The van der Waals surface area contributed by atoms with Crippen LogP contribution < -0.4 is 0 Å². The van der Waals surface area contributed by atoms with Gasteiger partial charge in [-0.2, -0.15) is 0 Å². The smallest absolute Gasteiger partial charge is 0.0492 e. The van der Waals surface area contributed by atoms with Crippen molar-refractivity contribution >= 4 is 67.0 Å². The largest absolute Gasteiger partial charge is 0.340 e. The van der Waals surface area contributed by atoms with Crippen LogP contribution in [0.4, 0.5) is 0 Å². The molecule has 1 nitrogen and oxygen atoms in total. The molecule has 0 aliphatic carbocycles. The van der Waals surface area contributed by atoms with E-state index in [9.17, 15) is 0 Å². The zero-order chi connectivity index (χ0) is 13.4. The Hall–Kier alpha value is -0.300. The molecule has 1 aromatic heterocycles. The van der Waals surface area contributed by atoms with Crippen LogP contribution in [0.2, 0.25) is 0 Å². The molecule has 0 amide bonds. The van der Waals surface area contributed by atoms with Gasteiger partial charge in [-0.25, -0.2) is 0 Å². The number of benzene rings is 2. The highest BCUT2D eigenvalue weighted by Crippen LogP contribution is 2.31. The molecule has 0 N–H and O–H groups in total.